The highest BCUT2D eigenvalue weighted by atomic mass is 35.5. The number of anilines is 1. The van der Waals surface area contributed by atoms with Gasteiger partial charge in [-0.2, -0.15) is 0 Å². The van der Waals surface area contributed by atoms with Crippen LogP contribution < -0.4 is 10.1 Å². The van der Waals surface area contributed by atoms with E-state index in [0.29, 0.717) is 23.9 Å². The number of carbonyl (C=O) groups is 1. The molecule has 1 aliphatic carbocycles. The van der Waals surface area contributed by atoms with Crippen molar-refractivity contribution in [3.8, 4) is 5.75 Å². The van der Waals surface area contributed by atoms with Crippen molar-refractivity contribution in [2.24, 2.45) is 5.92 Å². The van der Waals surface area contributed by atoms with Crippen LogP contribution in [0.1, 0.15) is 43.6 Å². The van der Waals surface area contributed by atoms with E-state index in [1.165, 1.54) is 17.7 Å². The van der Waals surface area contributed by atoms with Crippen LogP contribution in [0.2, 0.25) is 5.02 Å². The minimum atomic E-state index is -0.307. The summed E-state index contributed by atoms with van der Waals surface area (Å²) in [6, 6.07) is 11.7. The number of amides is 1. The molecular formula is C21H23ClFNO2. The van der Waals surface area contributed by atoms with E-state index in [4.69, 9.17) is 16.3 Å². The molecule has 0 atom stereocenters. The van der Waals surface area contributed by atoms with Gasteiger partial charge in [0.25, 0.3) is 0 Å². The number of hydrogen-bond donors (Lipinski definition) is 1. The van der Waals surface area contributed by atoms with Gasteiger partial charge in [-0.05, 0) is 79.5 Å². The van der Waals surface area contributed by atoms with E-state index in [1.54, 1.807) is 19.2 Å². The van der Waals surface area contributed by atoms with E-state index in [0.717, 1.165) is 36.5 Å². The first kappa shape index (κ1) is 18.7. The molecule has 1 saturated carbocycles. The summed E-state index contributed by atoms with van der Waals surface area (Å²) in [4.78, 5) is 12.2. The van der Waals surface area contributed by atoms with Crippen molar-refractivity contribution in [3.05, 3.63) is 58.9 Å². The van der Waals surface area contributed by atoms with Crippen LogP contribution >= 0.6 is 11.6 Å². The van der Waals surface area contributed by atoms with Crippen LogP contribution in [0.15, 0.2) is 42.5 Å². The van der Waals surface area contributed by atoms with Crippen molar-refractivity contribution in [1.29, 1.82) is 0 Å². The second-order valence-electron chi connectivity index (χ2n) is 6.86. The fourth-order valence-corrected chi connectivity index (χ4v) is 3.98. The lowest BCUT2D eigenvalue weighted by Crippen LogP contribution is -2.20. The Balaban J connectivity index is 1.50. The van der Waals surface area contributed by atoms with Gasteiger partial charge in [-0.15, -0.1) is 0 Å². The monoisotopic (exact) mass is 375 g/mol. The Kier molecular flexibility index (Phi) is 6.15. The van der Waals surface area contributed by atoms with Crippen molar-refractivity contribution in [3.63, 3.8) is 0 Å². The lowest BCUT2D eigenvalue weighted by atomic mass is 9.77. The molecule has 1 aliphatic rings. The number of carbonyl (C=O) groups excluding carboxylic acids is 1. The second-order valence-corrected chi connectivity index (χ2v) is 7.27. The number of halogens is 2. The minimum absolute atomic E-state index is 0.0115. The van der Waals surface area contributed by atoms with Gasteiger partial charge in [-0.1, -0.05) is 17.7 Å². The van der Waals surface area contributed by atoms with Crippen LogP contribution in [-0.2, 0) is 4.79 Å². The molecule has 0 aliphatic heterocycles. The molecule has 2 aromatic rings. The highest BCUT2D eigenvalue weighted by Crippen LogP contribution is 2.40. The van der Waals surface area contributed by atoms with E-state index in [-0.39, 0.29) is 11.7 Å². The molecule has 138 valence electrons. The quantitative estimate of drug-likeness (QED) is 0.718. The summed E-state index contributed by atoms with van der Waals surface area (Å²) in [7, 11) is 1.63. The molecule has 1 N–H and O–H groups in total. The summed E-state index contributed by atoms with van der Waals surface area (Å²) < 4.78 is 18.1. The van der Waals surface area contributed by atoms with Crippen molar-refractivity contribution in [2.75, 3.05) is 12.4 Å². The average molecular weight is 376 g/mol. The second kappa shape index (κ2) is 8.54. The number of benzene rings is 2. The molecule has 0 spiro atoms. The summed E-state index contributed by atoms with van der Waals surface area (Å²) in [5, 5.41) is 3.59. The lowest BCUT2D eigenvalue weighted by molar-refractivity contribution is -0.117. The van der Waals surface area contributed by atoms with Crippen LogP contribution in [0.4, 0.5) is 10.1 Å². The summed E-state index contributed by atoms with van der Waals surface area (Å²) in [5.41, 5.74) is 1.80. The molecule has 0 aromatic heterocycles. The maximum Gasteiger partial charge on any atom is 0.224 e. The van der Waals surface area contributed by atoms with Gasteiger partial charge in [0.1, 0.15) is 11.6 Å². The van der Waals surface area contributed by atoms with Gasteiger partial charge in [-0.25, -0.2) is 4.39 Å². The first-order valence-corrected chi connectivity index (χ1v) is 9.32. The first-order chi connectivity index (χ1) is 12.5. The molecule has 1 fully saturated rings. The summed E-state index contributed by atoms with van der Waals surface area (Å²) >= 11 is 6.39. The Bertz CT molecular complexity index is 755. The fourth-order valence-electron chi connectivity index (χ4n) is 3.65. The highest BCUT2D eigenvalue weighted by molar-refractivity contribution is 6.31. The van der Waals surface area contributed by atoms with E-state index < -0.39 is 0 Å². The van der Waals surface area contributed by atoms with Gasteiger partial charge in [0.2, 0.25) is 5.91 Å². The summed E-state index contributed by atoms with van der Waals surface area (Å²) in [6.07, 6.45) is 4.56. The number of nitrogens with one attached hydrogen (secondary N) is 1. The zero-order valence-corrected chi connectivity index (χ0v) is 15.6. The number of ether oxygens (including phenoxy) is 1. The van der Waals surface area contributed by atoms with Crippen LogP contribution in [0.3, 0.4) is 0 Å². The molecule has 0 bridgehead atoms. The topological polar surface area (TPSA) is 38.3 Å². The molecule has 5 heteroatoms. The van der Waals surface area contributed by atoms with Gasteiger partial charge in [-0.3, -0.25) is 4.79 Å². The molecule has 0 unspecified atom stereocenters. The van der Waals surface area contributed by atoms with Gasteiger partial charge < -0.3 is 10.1 Å². The highest BCUT2D eigenvalue weighted by Gasteiger charge is 2.25. The van der Waals surface area contributed by atoms with Gasteiger partial charge in [0.05, 0.1) is 7.11 Å². The normalized spacial score (nSPS) is 19.8. The number of rotatable bonds is 5. The Labute approximate surface area is 158 Å². The third-order valence-corrected chi connectivity index (χ3v) is 5.42. The molecule has 0 heterocycles. The van der Waals surface area contributed by atoms with Crippen LogP contribution in [-0.4, -0.2) is 13.0 Å². The maximum atomic E-state index is 12.9. The van der Waals surface area contributed by atoms with Crippen molar-refractivity contribution in [1.82, 2.24) is 0 Å². The summed E-state index contributed by atoms with van der Waals surface area (Å²) in [5.74, 6) is 1.26. The van der Waals surface area contributed by atoms with Crippen molar-refractivity contribution in [2.45, 2.75) is 38.0 Å². The Hall–Kier alpha value is -2.07. The van der Waals surface area contributed by atoms with Crippen molar-refractivity contribution >= 4 is 23.2 Å². The number of methoxy groups -OCH3 is 1. The largest absolute Gasteiger partial charge is 0.497 e. The SMILES string of the molecule is COc1ccc(C2CCC(CC(=O)Nc3ccc(F)cc3)CC2)c(Cl)c1. The lowest BCUT2D eigenvalue weighted by Gasteiger charge is -2.29. The Morgan fingerprint density at radius 2 is 1.85 bits per heavy atom. The molecule has 1 amide bonds. The van der Waals surface area contributed by atoms with Crippen molar-refractivity contribution < 1.29 is 13.9 Å². The Morgan fingerprint density at radius 3 is 2.46 bits per heavy atom. The average Bonchev–Trinajstić information content (AvgIpc) is 2.64. The molecule has 3 nitrogen and oxygen atoms in total. The predicted molar refractivity (Wildman–Crippen MR) is 102 cm³/mol. The first-order valence-electron chi connectivity index (χ1n) is 8.94. The molecule has 2 aromatic carbocycles. The van der Waals surface area contributed by atoms with Gasteiger partial charge >= 0.3 is 0 Å². The standard InChI is InChI=1S/C21H23ClFNO2/c1-26-18-10-11-19(20(22)13-18)15-4-2-14(3-5-15)12-21(25)24-17-8-6-16(23)7-9-17/h6-11,13-15H,2-5,12H2,1H3,(H,24,25). The van der Waals surface area contributed by atoms with Crippen LogP contribution in [0.5, 0.6) is 5.75 Å². The van der Waals surface area contributed by atoms with Crippen LogP contribution in [0.25, 0.3) is 0 Å². The summed E-state index contributed by atoms with van der Waals surface area (Å²) in [6.45, 7) is 0. The van der Waals surface area contributed by atoms with Crippen LogP contribution in [0, 0.1) is 11.7 Å². The van der Waals surface area contributed by atoms with E-state index in [2.05, 4.69) is 5.32 Å². The molecular weight excluding hydrogens is 353 g/mol. The van der Waals surface area contributed by atoms with E-state index in [9.17, 15) is 9.18 Å². The third kappa shape index (κ3) is 4.76. The molecule has 26 heavy (non-hydrogen) atoms. The molecule has 3 rings (SSSR count). The fraction of sp³-hybridized carbons (Fsp3) is 0.381. The van der Waals surface area contributed by atoms with Gasteiger partial charge in [0, 0.05) is 17.1 Å². The van der Waals surface area contributed by atoms with E-state index in [1.807, 2.05) is 18.2 Å². The maximum absolute atomic E-state index is 12.9. The minimum Gasteiger partial charge on any atom is -0.497 e. The van der Waals surface area contributed by atoms with Gasteiger partial charge in [0.15, 0.2) is 0 Å². The zero-order valence-electron chi connectivity index (χ0n) is 14.8. The Morgan fingerprint density at radius 1 is 1.15 bits per heavy atom. The number of hydrogen-bond acceptors (Lipinski definition) is 2. The zero-order chi connectivity index (χ0) is 18.5. The molecule has 0 radical (unpaired) electrons. The third-order valence-electron chi connectivity index (χ3n) is 5.10. The van der Waals surface area contributed by atoms with E-state index >= 15 is 0 Å². The molecule has 0 saturated heterocycles. The predicted octanol–water partition coefficient (Wildman–Crippen LogP) is 5.79. The smallest absolute Gasteiger partial charge is 0.224 e.